The molecule has 0 bridgehead atoms. The molecule has 2 aromatic rings. The molecule has 0 spiro atoms. The van der Waals surface area contributed by atoms with Crippen molar-refractivity contribution < 1.29 is 14.0 Å². The predicted octanol–water partition coefficient (Wildman–Crippen LogP) is 2.11. The van der Waals surface area contributed by atoms with Gasteiger partial charge in [-0.3, -0.25) is 9.59 Å². The number of nitrogens with two attached hydrogens (primary N) is 1. The summed E-state index contributed by atoms with van der Waals surface area (Å²) in [6, 6.07) is 8.96. The number of nitrogens with zero attached hydrogens (tertiary/aromatic N) is 1. The molecule has 1 saturated heterocycles. The molecular formula is C18H21N3O3S. The van der Waals surface area contributed by atoms with Crippen molar-refractivity contribution in [3.8, 4) is 0 Å². The van der Waals surface area contributed by atoms with E-state index in [9.17, 15) is 9.59 Å². The number of carbonyl (C=O) groups is 2. The van der Waals surface area contributed by atoms with Gasteiger partial charge in [0.15, 0.2) is 0 Å². The molecule has 132 valence electrons. The van der Waals surface area contributed by atoms with E-state index < -0.39 is 0 Å². The number of hydrogen-bond donors (Lipinski definition) is 2. The Hall–Kier alpha value is -2.25. The summed E-state index contributed by atoms with van der Waals surface area (Å²) in [5, 5.41) is 2.80. The molecule has 25 heavy (non-hydrogen) atoms. The van der Waals surface area contributed by atoms with Gasteiger partial charge in [-0.25, -0.2) is 0 Å². The maximum Gasteiger partial charge on any atom is 0.258 e. The summed E-state index contributed by atoms with van der Waals surface area (Å²) in [6.45, 7) is 1.91. The van der Waals surface area contributed by atoms with Crippen molar-refractivity contribution in [2.24, 2.45) is 5.73 Å². The summed E-state index contributed by atoms with van der Waals surface area (Å²) < 4.78 is 5.16. The third kappa shape index (κ3) is 4.64. The minimum absolute atomic E-state index is 0.157. The van der Waals surface area contributed by atoms with Gasteiger partial charge in [-0.1, -0.05) is 12.1 Å². The third-order valence-corrected chi connectivity index (χ3v) is 4.99. The maximum atomic E-state index is 12.3. The maximum absolute atomic E-state index is 12.3. The summed E-state index contributed by atoms with van der Waals surface area (Å²) in [6.07, 6.45) is 1.78. The summed E-state index contributed by atoms with van der Waals surface area (Å²) in [5.74, 6) is 2.49. The fourth-order valence-electron chi connectivity index (χ4n) is 2.62. The lowest BCUT2D eigenvalue weighted by molar-refractivity contribution is -0.130. The predicted molar refractivity (Wildman–Crippen MR) is 98.6 cm³/mol. The SMILES string of the molecule is NCc1cc(C(=O)Nc2ccc(CC(=O)N3CCSCC3)cc2)co1. The standard InChI is InChI=1S/C18H21N3O3S/c19-11-16-10-14(12-24-16)18(23)20-15-3-1-13(2-4-15)9-17(22)21-5-7-25-8-6-21/h1-4,10,12H,5-9,11,19H2,(H,20,23). The first-order valence-electron chi connectivity index (χ1n) is 8.19. The topological polar surface area (TPSA) is 88.6 Å². The van der Waals surface area contributed by atoms with E-state index >= 15 is 0 Å². The second-order valence-corrected chi connectivity index (χ2v) is 7.05. The van der Waals surface area contributed by atoms with Gasteiger partial charge in [0.2, 0.25) is 5.91 Å². The van der Waals surface area contributed by atoms with Crippen molar-refractivity contribution in [1.82, 2.24) is 4.90 Å². The van der Waals surface area contributed by atoms with Crippen molar-refractivity contribution in [2.45, 2.75) is 13.0 Å². The van der Waals surface area contributed by atoms with Crippen LogP contribution in [0, 0.1) is 0 Å². The zero-order valence-corrected chi connectivity index (χ0v) is 14.7. The molecule has 2 amide bonds. The van der Waals surface area contributed by atoms with Crippen LogP contribution < -0.4 is 11.1 Å². The van der Waals surface area contributed by atoms with Crippen molar-refractivity contribution in [1.29, 1.82) is 0 Å². The van der Waals surface area contributed by atoms with Gasteiger partial charge in [0.25, 0.3) is 5.91 Å². The number of furan rings is 1. The van der Waals surface area contributed by atoms with Gasteiger partial charge >= 0.3 is 0 Å². The van der Waals surface area contributed by atoms with E-state index in [1.165, 1.54) is 6.26 Å². The third-order valence-electron chi connectivity index (χ3n) is 4.05. The molecule has 3 N–H and O–H groups in total. The van der Waals surface area contributed by atoms with E-state index in [-0.39, 0.29) is 18.4 Å². The minimum atomic E-state index is -0.252. The first-order valence-corrected chi connectivity index (χ1v) is 9.34. The van der Waals surface area contributed by atoms with Crippen molar-refractivity contribution >= 4 is 29.3 Å². The van der Waals surface area contributed by atoms with Crippen LogP contribution in [0.2, 0.25) is 0 Å². The first kappa shape index (κ1) is 17.6. The molecule has 1 fully saturated rings. The molecule has 0 unspecified atom stereocenters. The summed E-state index contributed by atoms with van der Waals surface area (Å²) in [7, 11) is 0. The molecule has 2 heterocycles. The molecule has 0 saturated carbocycles. The van der Waals surface area contributed by atoms with E-state index in [4.69, 9.17) is 10.2 Å². The molecule has 0 radical (unpaired) electrons. The summed E-state index contributed by atoms with van der Waals surface area (Å²) in [5.41, 5.74) is 7.51. The Kier molecular flexibility index (Phi) is 5.78. The Morgan fingerprint density at radius 1 is 1.20 bits per heavy atom. The van der Waals surface area contributed by atoms with Gasteiger partial charge in [-0.05, 0) is 23.8 Å². The molecule has 0 aliphatic carbocycles. The largest absolute Gasteiger partial charge is 0.467 e. The zero-order chi connectivity index (χ0) is 17.6. The number of carbonyl (C=O) groups excluding carboxylic acids is 2. The fourth-order valence-corrected chi connectivity index (χ4v) is 3.52. The number of rotatable bonds is 5. The van der Waals surface area contributed by atoms with Gasteiger partial charge in [-0.15, -0.1) is 0 Å². The van der Waals surface area contributed by atoms with Crippen molar-refractivity contribution in [3.05, 3.63) is 53.5 Å². The van der Waals surface area contributed by atoms with Crippen molar-refractivity contribution in [3.63, 3.8) is 0 Å². The molecule has 3 rings (SSSR count). The van der Waals surface area contributed by atoms with Gasteiger partial charge < -0.3 is 20.4 Å². The molecule has 1 aromatic heterocycles. The number of hydrogen-bond acceptors (Lipinski definition) is 5. The van der Waals surface area contributed by atoms with Crippen LogP contribution in [0.25, 0.3) is 0 Å². The molecule has 1 aromatic carbocycles. The fraction of sp³-hybridized carbons (Fsp3) is 0.333. The Bertz CT molecular complexity index is 736. The van der Waals surface area contributed by atoms with Gasteiger partial charge in [0.05, 0.1) is 18.5 Å². The average molecular weight is 359 g/mol. The molecule has 1 aliphatic rings. The van der Waals surface area contributed by atoms with Gasteiger partial charge in [-0.2, -0.15) is 11.8 Å². The molecule has 7 heteroatoms. The van der Waals surface area contributed by atoms with Crippen LogP contribution in [0.4, 0.5) is 5.69 Å². The highest BCUT2D eigenvalue weighted by Crippen LogP contribution is 2.15. The Morgan fingerprint density at radius 2 is 1.92 bits per heavy atom. The monoisotopic (exact) mass is 359 g/mol. The van der Waals surface area contributed by atoms with Gasteiger partial charge in [0.1, 0.15) is 12.0 Å². The van der Waals surface area contributed by atoms with Crippen LogP contribution in [0.3, 0.4) is 0 Å². The van der Waals surface area contributed by atoms with E-state index in [1.807, 2.05) is 28.8 Å². The minimum Gasteiger partial charge on any atom is -0.467 e. The lowest BCUT2D eigenvalue weighted by atomic mass is 10.1. The highest BCUT2D eigenvalue weighted by atomic mass is 32.2. The van der Waals surface area contributed by atoms with E-state index in [0.29, 0.717) is 23.4 Å². The number of anilines is 1. The highest BCUT2D eigenvalue weighted by molar-refractivity contribution is 7.99. The second-order valence-electron chi connectivity index (χ2n) is 5.83. The highest BCUT2D eigenvalue weighted by Gasteiger charge is 2.17. The normalized spacial score (nSPS) is 14.4. The van der Waals surface area contributed by atoms with Crippen molar-refractivity contribution in [2.75, 3.05) is 29.9 Å². The number of benzene rings is 1. The molecule has 1 aliphatic heterocycles. The average Bonchev–Trinajstić information content (AvgIpc) is 3.13. The van der Waals surface area contributed by atoms with E-state index in [2.05, 4.69) is 5.32 Å². The Labute approximate surface area is 150 Å². The second kappa shape index (κ2) is 8.22. The molecule has 6 nitrogen and oxygen atoms in total. The Morgan fingerprint density at radius 3 is 2.56 bits per heavy atom. The van der Waals surface area contributed by atoms with Gasteiger partial charge in [0, 0.05) is 30.3 Å². The summed E-state index contributed by atoms with van der Waals surface area (Å²) in [4.78, 5) is 26.3. The quantitative estimate of drug-likeness (QED) is 0.853. The molecule has 0 atom stereocenters. The smallest absolute Gasteiger partial charge is 0.258 e. The number of thioether (sulfide) groups is 1. The number of nitrogens with one attached hydrogen (secondary N) is 1. The lowest BCUT2D eigenvalue weighted by Crippen LogP contribution is -2.38. The van der Waals surface area contributed by atoms with Crippen LogP contribution in [0.5, 0.6) is 0 Å². The van der Waals surface area contributed by atoms with Crippen LogP contribution in [0.1, 0.15) is 21.7 Å². The molecular weight excluding hydrogens is 338 g/mol. The Balaban J connectivity index is 1.56. The van der Waals surface area contributed by atoms with Crippen LogP contribution in [0.15, 0.2) is 41.0 Å². The van der Waals surface area contributed by atoms with E-state index in [1.54, 1.807) is 18.2 Å². The summed E-state index contributed by atoms with van der Waals surface area (Å²) >= 11 is 1.88. The van der Waals surface area contributed by atoms with E-state index in [0.717, 1.165) is 30.2 Å². The lowest BCUT2D eigenvalue weighted by Gasteiger charge is -2.26. The zero-order valence-electron chi connectivity index (χ0n) is 13.9. The first-order chi connectivity index (χ1) is 12.2. The van der Waals surface area contributed by atoms with Crippen LogP contribution >= 0.6 is 11.8 Å². The number of amides is 2. The van der Waals surface area contributed by atoms with Crippen LogP contribution in [-0.2, 0) is 17.8 Å². The van der Waals surface area contributed by atoms with Crippen LogP contribution in [-0.4, -0.2) is 41.3 Å².